The second kappa shape index (κ2) is 16.0. The van der Waals surface area contributed by atoms with Gasteiger partial charge in [0.25, 0.3) is 0 Å². The predicted octanol–water partition coefficient (Wildman–Crippen LogP) is 7.49. The first-order valence-electron chi connectivity index (χ1n) is 19.0. The molecule has 282 valence electrons. The number of hydrogen-bond acceptors (Lipinski definition) is 8. The van der Waals surface area contributed by atoms with Gasteiger partial charge in [0.2, 0.25) is 0 Å². The first-order chi connectivity index (χ1) is 23.3. The van der Waals surface area contributed by atoms with Gasteiger partial charge in [-0.3, -0.25) is 19.2 Å². The number of ether oxygens (including phenoxy) is 2. The van der Waals surface area contributed by atoms with E-state index in [1.165, 1.54) is 7.11 Å². The van der Waals surface area contributed by atoms with Crippen LogP contribution in [0.2, 0.25) is 0 Å². The summed E-state index contributed by atoms with van der Waals surface area (Å²) in [5.74, 6) is -3.73. The van der Waals surface area contributed by atoms with Crippen molar-refractivity contribution in [3.05, 3.63) is 22.8 Å². The smallest absolute Gasteiger partial charge is 0.313 e. The van der Waals surface area contributed by atoms with E-state index < -0.39 is 46.2 Å². The first-order valence-corrected chi connectivity index (χ1v) is 19.5. The summed E-state index contributed by atoms with van der Waals surface area (Å²) in [6.45, 7) is 15.3. The van der Waals surface area contributed by atoms with Gasteiger partial charge >= 0.3 is 5.97 Å². The highest BCUT2D eigenvalue weighted by Crippen LogP contribution is 2.56. The summed E-state index contributed by atoms with van der Waals surface area (Å²) >= 11 is 6.85. The molecule has 4 aliphatic rings. The minimum atomic E-state index is -1.67. The maximum absolute atomic E-state index is 14.7. The van der Waals surface area contributed by atoms with Gasteiger partial charge in [0.05, 0.1) is 41.3 Å². The molecular formula is C41H63ClO8. The summed E-state index contributed by atoms with van der Waals surface area (Å²) in [4.78, 5) is 57.5. The monoisotopic (exact) mass is 718 g/mol. The third-order valence-corrected chi connectivity index (χ3v) is 13.5. The number of esters is 1. The van der Waals surface area contributed by atoms with E-state index in [1.807, 2.05) is 47.6 Å². The third kappa shape index (κ3) is 8.66. The van der Waals surface area contributed by atoms with Crippen LogP contribution in [-0.2, 0) is 28.7 Å². The molecule has 3 aliphatic carbocycles. The lowest BCUT2D eigenvalue weighted by molar-refractivity contribution is -0.166. The van der Waals surface area contributed by atoms with Crippen LogP contribution in [0.5, 0.6) is 0 Å². The molecule has 2 fully saturated rings. The van der Waals surface area contributed by atoms with Crippen LogP contribution in [0.1, 0.15) is 132 Å². The number of aliphatic hydroxyl groups is 2. The highest BCUT2D eigenvalue weighted by Gasteiger charge is 2.60. The van der Waals surface area contributed by atoms with Gasteiger partial charge in [-0.05, 0) is 83.6 Å². The molecule has 1 heterocycles. The molecule has 9 heteroatoms. The quantitative estimate of drug-likeness (QED) is 0.130. The second-order valence-corrected chi connectivity index (χ2v) is 17.9. The molecule has 11 atom stereocenters. The zero-order valence-electron chi connectivity index (χ0n) is 32.0. The highest BCUT2D eigenvalue weighted by atomic mass is 35.5. The van der Waals surface area contributed by atoms with Crippen LogP contribution in [0.3, 0.4) is 0 Å². The first kappa shape index (κ1) is 40.9. The van der Waals surface area contributed by atoms with E-state index in [0.29, 0.717) is 31.3 Å². The molecule has 0 aromatic carbocycles. The van der Waals surface area contributed by atoms with Crippen LogP contribution >= 0.6 is 11.6 Å². The van der Waals surface area contributed by atoms with Crippen molar-refractivity contribution >= 4 is 34.9 Å². The van der Waals surface area contributed by atoms with Crippen molar-refractivity contribution < 1.29 is 38.9 Å². The number of ketones is 3. The molecule has 1 saturated carbocycles. The lowest BCUT2D eigenvalue weighted by atomic mass is 9.52. The molecule has 1 aliphatic heterocycles. The Morgan fingerprint density at radius 1 is 1.00 bits per heavy atom. The number of Topliss-reactive ketones (excluding diaryl/α,β-unsaturated/α-hetero) is 3. The number of alkyl halides is 1. The molecule has 0 amide bonds. The molecule has 0 bridgehead atoms. The Balaban J connectivity index is 1.97. The number of allylic oxidation sites excluding steroid dienone is 3. The summed E-state index contributed by atoms with van der Waals surface area (Å²) in [6, 6.07) is 0. The van der Waals surface area contributed by atoms with Crippen molar-refractivity contribution in [2.45, 2.75) is 161 Å². The van der Waals surface area contributed by atoms with Gasteiger partial charge in [-0.1, -0.05) is 57.8 Å². The van der Waals surface area contributed by atoms with Crippen LogP contribution in [-0.4, -0.2) is 69.4 Å². The molecule has 0 spiro atoms. The van der Waals surface area contributed by atoms with Crippen molar-refractivity contribution in [2.24, 2.45) is 40.9 Å². The average molecular weight is 719 g/mol. The van der Waals surface area contributed by atoms with E-state index >= 15 is 0 Å². The number of rotatable bonds is 2. The number of halogens is 1. The minimum Gasteiger partial charge on any atom is -0.469 e. The van der Waals surface area contributed by atoms with Gasteiger partial charge in [-0.2, -0.15) is 0 Å². The van der Waals surface area contributed by atoms with Crippen LogP contribution in [0.15, 0.2) is 22.8 Å². The van der Waals surface area contributed by atoms with E-state index in [2.05, 4.69) is 6.92 Å². The van der Waals surface area contributed by atoms with E-state index in [-0.39, 0.29) is 78.9 Å². The third-order valence-electron chi connectivity index (χ3n) is 12.8. The topological polar surface area (TPSA) is 130 Å². The number of carbonyl (C=O) groups is 4. The second-order valence-electron chi connectivity index (χ2n) is 17.3. The number of carbonyl (C=O) groups excluding carboxylic acids is 4. The Morgan fingerprint density at radius 3 is 2.32 bits per heavy atom. The largest absolute Gasteiger partial charge is 0.469 e. The summed E-state index contributed by atoms with van der Waals surface area (Å²) in [5.41, 5.74) is -1.24. The Bertz CT molecular complexity index is 1360. The fourth-order valence-corrected chi connectivity index (χ4v) is 9.50. The van der Waals surface area contributed by atoms with Crippen molar-refractivity contribution in [3.63, 3.8) is 0 Å². The summed E-state index contributed by atoms with van der Waals surface area (Å²) < 4.78 is 11.7. The van der Waals surface area contributed by atoms with E-state index in [9.17, 15) is 29.4 Å². The fourth-order valence-electron chi connectivity index (χ4n) is 9.30. The number of aliphatic hydroxyl groups excluding tert-OH is 1. The fraction of sp³-hybridized carbons (Fsp3) is 0.805. The van der Waals surface area contributed by atoms with Gasteiger partial charge in [0.1, 0.15) is 17.3 Å². The maximum Gasteiger partial charge on any atom is 0.313 e. The molecule has 1 saturated heterocycles. The molecule has 8 nitrogen and oxygen atoms in total. The number of epoxide rings is 1. The molecule has 0 aromatic heterocycles. The molecule has 50 heavy (non-hydrogen) atoms. The highest BCUT2D eigenvalue weighted by molar-refractivity contribution is 6.21. The van der Waals surface area contributed by atoms with E-state index in [4.69, 9.17) is 21.1 Å². The summed E-state index contributed by atoms with van der Waals surface area (Å²) in [5, 5.41) is 23.2. The van der Waals surface area contributed by atoms with E-state index in [1.54, 1.807) is 6.92 Å². The Hall–Kier alpha value is -1.87. The van der Waals surface area contributed by atoms with Gasteiger partial charge in [-0.25, -0.2) is 0 Å². The number of hydrogen-bond donors (Lipinski definition) is 2. The zero-order chi connectivity index (χ0) is 37.3. The predicted molar refractivity (Wildman–Crippen MR) is 195 cm³/mol. The Labute approximate surface area is 305 Å². The molecule has 2 N–H and O–H groups in total. The standard InChI is InChI=1S/C41H63ClO8/c1-23(2)28-20-31(43)26(5)12-10-11-24(3)18-32(44)29-19-27(6)37-30(41(29,22-33(28)45)38(47)49-9)17-25(4)13-14-36-40(8,50-36)16-15-35(42)39(7,48)21-34(37)46/h17,23-24,26,28-30,34-36,46,48H,10-16,18-22H2,1-9H3/b25-17-/t24-,26-,28+,29-,30-,34-,35+,36-,39+,40+,41+/m0/s1. The molecule has 0 aromatic rings. The van der Waals surface area contributed by atoms with Crippen molar-refractivity contribution in [2.75, 3.05) is 7.11 Å². The average Bonchev–Trinajstić information content (AvgIpc) is 3.69. The number of methoxy groups -OCH3 is 1. The van der Waals surface area contributed by atoms with Crippen molar-refractivity contribution in [1.29, 1.82) is 0 Å². The lowest BCUT2D eigenvalue weighted by Crippen LogP contribution is -2.55. The van der Waals surface area contributed by atoms with Gasteiger partial charge < -0.3 is 19.7 Å². The number of fused-ring (bicyclic) bond motifs is 4. The molecule has 0 unspecified atom stereocenters. The van der Waals surface area contributed by atoms with Gasteiger partial charge in [-0.15, -0.1) is 11.6 Å². The molecule has 4 rings (SSSR count). The van der Waals surface area contributed by atoms with Crippen molar-refractivity contribution in [1.82, 2.24) is 0 Å². The van der Waals surface area contributed by atoms with Crippen molar-refractivity contribution in [3.8, 4) is 0 Å². The van der Waals surface area contributed by atoms with Crippen LogP contribution < -0.4 is 0 Å². The Morgan fingerprint density at radius 2 is 1.68 bits per heavy atom. The maximum atomic E-state index is 14.7. The summed E-state index contributed by atoms with van der Waals surface area (Å²) in [7, 11) is 1.29. The normalized spacial score (nSPS) is 42.7. The van der Waals surface area contributed by atoms with E-state index in [0.717, 1.165) is 30.4 Å². The van der Waals surface area contributed by atoms with Gasteiger partial charge in [0, 0.05) is 49.4 Å². The van der Waals surface area contributed by atoms with Crippen LogP contribution in [0, 0.1) is 40.9 Å². The molecule has 0 radical (unpaired) electrons. The van der Waals surface area contributed by atoms with Crippen LogP contribution in [0.4, 0.5) is 0 Å². The van der Waals surface area contributed by atoms with Gasteiger partial charge in [0.15, 0.2) is 0 Å². The SMILES string of the molecule is COC(=O)[C@]12CC(=O)[C@@H](C(C)C)CC(=O)[C@@H](C)CCC[C@H](C)CC(=O)[C@@H]1CC(C)=C1[C@@H](O)C[C@@](C)(O)[C@H](Cl)CC[C@@]3(C)O[C@H]3CC/C(C)=C\[C@@H]12. The zero-order valence-corrected chi connectivity index (χ0v) is 32.7. The Kier molecular flexibility index (Phi) is 13.1. The molecular weight excluding hydrogens is 656 g/mol. The summed E-state index contributed by atoms with van der Waals surface area (Å²) in [6.07, 6.45) is 5.68. The lowest BCUT2D eigenvalue weighted by Gasteiger charge is -2.49. The van der Waals surface area contributed by atoms with Crippen LogP contribution in [0.25, 0.3) is 0 Å². The minimum absolute atomic E-state index is 0.0170.